The summed E-state index contributed by atoms with van der Waals surface area (Å²) in [6.07, 6.45) is 11.7. The highest BCUT2D eigenvalue weighted by Crippen LogP contribution is 2.27. The van der Waals surface area contributed by atoms with Gasteiger partial charge in [-0.1, -0.05) is 12.2 Å². The molecule has 3 nitrogen and oxygen atoms in total. The number of H-pyrrole nitrogens is 1. The summed E-state index contributed by atoms with van der Waals surface area (Å²) in [5.41, 5.74) is 0. The van der Waals surface area contributed by atoms with E-state index in [1.165, 1.54) is 6.42 Å². The van der Waals surface area contributed by atoms with E-state index in [9.17, 15) is 5.11 Å². The lowest BCUT2D eigenvalue weighted by molar-refractivity contribution is 0.133. The molecule has 0 radical (unpaired) electrons. The minimum atomic E-state index is -0.429. The van der Waals surface area contributed by atoms with Gasteiger partial charge in [-0.2, -0.15) is 0 Å². The molecule has 0 spiro atoms. The van der Waals surface area contributed by atoms with Crippen molar-refractivity contribution in [3.63, 3.8) is 0 Å². The standard InChI is InChI=1S/C11H16N2O/c14-10(11-12-6-7-13-11)8-9-4-2-1-3-5-9/h1-2,6-7,9-10,14H,3-5,8H2,(H,12,13). The van der Waals surface area contributed by atoms with E-state index in [-0.39, 0.29) is 0 Å². The van der Waals surface area contributed by atoms with Crippen molar-refractivity contribution in [1.29, 1.82) is 0 Å². The summed E-state index contributed by atoms with van der Waals surface area (Å²) >= 11 is 0. The second kappa shape index (κ2) is 4.42. The molecule has 0 aromatic carbocycles. The molecule has 76 valence electrons. The van der Waals surface area contributed by atoms with Crippen LogP contribution in [0.25, 0.3) is 0 Å². The highest BCUT2D eigenvalue weighted by molar-refractivity contribution is 4.95. The van der Waals surface area contributed by atoms with Crippen LogP contribution in [0.2, 0.25) is 0 Å². The van der Waals surface area contributed by atoms with Gasteiger partial charge in [0.15, 0.2) is 0 Å². The number of aromatic nitrogens is 2. The molecule has 2 unspecified atom stereocenters. The molecule has 0 fully saturated rings. The zero-order chi connectivity index (χ0) is 9.80. The molecule has 1 aromatic rings. The second-order valence-electron chi connectivity index (χ2n) is 3.88. The molecular weight excluding hydrogens is 176 g/mol. The predicted octanol–water partition coefficient (Wildman–Crippen LogP) is 2.19. The topological polar surface area (TPSA) is 48.9 Å². The van der Waals surface area contributed by atoms with Crippen LogP contribution in [0.3, 0.4) is 0 Å². The summed E-state index contributed by atoms with van der Waals surface area (Å²) in [5, 5.41) is 9.84. The lowest BCUT2D eigenvalue weighted by Gasteiger charge is -2.19. The number of aromatic amines is 1. The van der Waals surface area contributed by atoms with Crippen LogP contribution in [0.4, 0.5) is 0 Å². The fourth-order valence-corrected chi connectivity index (χ4v) is 1.96. The van der Waals surface area contributed by atoms with E-state index in [2.05, 4.69) is 22.1 Å². The molecule has 2 N–H and O–H groups in total. The van der Waals surface area contributed by atoms with E-state index in [1.807, 2.05) is 0 Å². The summed E-state index contributed by atoms with van der Waals surface area (Å²) in [5.74, 6) is 1.31. The van der Waals surface area contributed by atoms with Crippen LogP contribution in [0.1, 0.15) is 37.6 Å². The number of hydrogen-bond donors (Lipinski definition) is 2. The predicted molar refractivity (Wildman–Crippen MR) is 54.6 cm³/mol. The van der Waals surface area contributed by atoms with Crippen molar-refractivity contribution in [2.45, 2.75) is 31.8 Å². The van der Waals surface area contributed by atoms with Crippen molar-refractivity contribution in [3.8, 4) is 0 Å². The SMILES string of the molecule is OC(CC1CC=CCC1)c1ncc[nH]1. The molecule has 0 saturated carbocycles. The van der Waals surface area contributed by atoms with E-state index in [0.717, 1.165) is 19.3 Å². The minimum absolute atomic E-state index is 0.429. The highest BCUT2D eigenvalue weighted by Gasteiger charge is 2.17. The smallest absolute Gasteiger partial charge is 0.135 e. The molecule has 0 aliphatic heterocycles. The maximum absolute atomic E-state index is 9.84. The quantitative estimate of drug-likeness (QED) is 0.721. The second-order valence-corrected chi connectivity index (χ2v) is 3.88. The molecule has 3 heteroatoms. The van der Waals surface area contributed by atoms with E-state index < -0.39 is 6.10 Å². The van der Waals surface area contributed by atoms with Crippen molar-refractivity contribution in [1.82, 2.24) is 9.97 Å². The largest absolute Gasteiger partial charge is 0.385 e. The summed E-state index contributed by atoms with van der Waals surface area (Å²) in [7, 11) is 0. The molecule has 1 aromatic heterocycles. The molecule has 0 saturated heterocycles. The first-order valence-electron chi connectivity index (χ1n) is 5.18. The average Bonchev–Trinajstić information content (AvgIpc) is 2.72. The van der Waals surface area contributed by atoms with Crippen LogP contribution in [-0.4, -0.2) is 15.1 Å². The third-order valence-corrected chi connectivity index (χ3v) is 2.77. The highest BCUT2D eigenvalue weighted by atomic mass is 16.3. The van der Waals surface area contributed by atoms with Crippen LogP contribution >= 0.6 is 0 Å². The van der Waals surface area contributed by atoms with Crippen molar-refractivity contribution in [2.24, 2.45) is 5.92 Å². The molecule has 1 heterocycles. The molecular formula is C11H16N2O. The van der Waals surface area contributed by atoms with Gasteiger partial charge in [0.05, 0.1) is 0 Å². The van der Waals surface area contributed by atoms with Crippen molar-refractivity contribution < 1.29 is 5.11 Å². The number of nitrogens with one attached hydrogen (secondary N) is 1. The first kappa shape index (κ1) is 9.46. The van der Waals surface area contributed by atoms with Gasteiger partial charge in [-0.3, -0.25) is 0 Å². The molecule has 14 heavy (non-hydrogen) atoms. The lowest BCUT2D eigenvalue weighted by Crippen LogP contribution is -2.09. The number of aliphatic hydroxyl groups excluding tert-OH is 1. The fourth-order valence-electron chi connectivity index (χ4n) is 1.96. The summed E-state index contributed by atoms with van der Waals surface area (Å²) in [4.78, 5) is 7.01. The number of allylic oxidation sites excluding steroid dienone is 2. The van der Waals surface area contributed by atoms with Gasteiger partial charge in [-0.05, 0) is 31.6 Å². The van der Waals surface area contributed by atoms with Crippen molar-refractivity contribution >= 4 is 0 Å². The van der Waals surface area contributed by atoms with Gasteiger partial charge in [-0.15, -0.1) is 0 Å². The summed E-state index contributed by atoms with van der Waals surface area (Å²) < 4.78 is 0. The molecule has 1 aliphatic rings. The first-order valence-corrected chi connectivity index (χ1v) is 5.18. The zero-order valence-corrected chi connectivity index (χ0v) is 8.19. The van der Waals surface area contributed by atoms with Crippen LogP contribution in [-0.2, 0) is 0 Å². The Morgan fingerprint density at radius 3 is 3.14 bits per heavy atom. The van der Waals surface area contributed by atoms with E-state index in [0.29, 0.717) is 11.7 Å². The Kier molecular flexibility index (Phi) is 2.99. The lowest BCUT2D eigenvalue weighted by atomic mass is 9.89. The third kappa shape index (κ3) is 2.23. The fraction of sp³-hybridized carbons (Fsp3) is 0.545. The van der Waals surface area contributed by atoms with Crippen LogP contribution < -0.4 is 0 Å². The monoisotopic (exact) mass is 192 g/mol. The third-order valence-electron chi connectivity index (χ3n) is 2.77. The molecule has 2 atom stereocenters. The first-order chi connectivity index (χ1) is 6.86. The van der Waals surface area contributed by atoms with E-state index >= 15 is 0 Å². The Labute approximate surface area is 83.9 Å². The van der Waals surface area contributed by atoms with Gasteiger partial charge < -0.3 is 10.1 Å². The van der Waals surface area contributed by atoms with Gasteiger partial charge >= 0.3 is 0 Å². The van der Waals surface area contributed by atoms with Crippen molar-refractivity contribution in [3.05, 3.63) is 30.4 Å². The Morgan fingerprint density at radius 2 is 2.50 bits per heavy atom. The van der Waals surface area contributed by atoms with E-state index in [4.69, 9.17) is 0 Å². The number of rotatable bonds is 3. The summed E-state index contributed by atoms with van der Waals surface area (Å²) in [6, 6.07) is 0. The van der Waals surface area contributed by atoms with Crippen LogP contribution in [0.15, 0.2) is 24.5 Å². The number of imidazole rings is 1. The van der Waals surface area contributed by atoms with Crippen LogP contribution in [0, 0.1) is 5.92 Å². The Morgan fingerprint density at radius 1 is 1.57 bits per heavy atom. The number of nitrogens with zero attached hydrogens (tertiary/aromatic N) is 1. The molecule has 0 amide bonds. The van der Waals surface area contributed by atoms with E-state index in [1.54, 1.807) is 12.4 Å². The summed E-state index contributed by atoms with van der Waals surface area (Å²) in [6.45, 7) is 0. The number of hydrogen-bond acceptors (Lipinski definition) is 2. The zero-order valence-electron chi connectivity index (χ0n) is 8.19. The van der Waals surface area contributed by atoms with Crippen molar-refractivity contribution in [2.75, 3.05) is 0 Å². The minimum Gasteiger partial charge on any atom is -0.385 e. The van der Waals surface area contributed by atoms with Gasteiger partial charge in [-0.25, -0.2) is 4.98 Å². The van der Waals surface area contributed by atoms with Gasteiger partial charge in [0, 0.05) is 12.4 Å². The van der Waals surface area contributed by atoms with Gasteiger partial charge in [0.2, 0.25) is 0 Å². The Bertz CT molecular complexity index is 292. The Balaban J connectivity index is 1.88. The molecule has 0 bridgehead atoms. The average molecular weight is 192 g/mol. The maximum atomic E-state index is 9.84. The normalized spacial score (nSPS) is 23.6. The number of aliphatic hydroxyl groups is 1. The Hall–Kier alpha value is -1.09. The maximum Gasteiger partial charge on any atom is 0.135 e. The van der Waals surface area contributed by atoms with Crippen LogP contribution in [0.5, 0.6) is 0 Å². The van der Waals surface area contributed by atoms with Gasteiger partial charge in [0.1, 0.15) is 11.9 Å². The molecule has 2 rings (SSSR count). The van der Waals surface area contributed by atoms with Gasteiger partial charge in [0.25, 0.3) is 0 Å². The molecule has 1 aliphatic carbocycles.